The van der Waals surface area contributed by atoms with E-state index in [1.54, 1.807) is 12.3 Å². The summed E-state index contributed by atoms with van der Waals surface area (Å²) in [6.07, 6.45) is 1.57. The van der Waals surface area contributed by atoms with Gasteiger partial charge >= 0.3 is 5.63 Å². The van der Waals surface area contributed by atoms with Crippen molar-refractivity contribution in [1.82, 2.24) is 0 Å². The lowest BCUT2D eigenvalue weighted by Crippen LogP contribution is -1.96. The van der Waals surface area contributed by atoms with Gasteiger partial charge in [-0.1, -0.05) is 0 Å². The highest BCUT2D eigenvalue weighted by atomic mass is 16.5. The van der Waals surface area contributed by atoms with E-state index in [2.05, 4.69) is 0 Å². The van der Waals surface area contributed by atoms with Crippen molar-refractivity contribution >= 4 is 21.9 Å². The van der Waals surface area contributed by atoms with E-state index in [4.69, 9.17) is 13.6 Å². The van der Waals surface area contributed by atoms with E-state index in [1.807, 2.05) is 12.1 Å². The lowest BCUT2D eigenvalue weighted by Gasteiger charge is -2.03. The molecule has 16 heavy (non-hydrogen) atoms. The van der Waals surface area contributed by atoms with E-state index in [1.165, 1.54) is 13.2 Å². The molecular formula is C12H8O4. The van der Waals surface area contributed by atoms with Gasteiger partial charge in [0.25, 0.3) is 0 Å². The Morgan fingerprint density at radius 1 is 1.38 bits per heavy atom. The summed E-state index contributed by atoms with van der Waals surface area (Å²) in [7, 11) is 1.52. The fraction of sp³-hybridized carbons (Fsp3) is 0.0833. The maximum Gasteiger partial charge on any atom is 0.336 e. The monoisotopic (exact) mass is 218 g/mol. The number of furan rings is 1. The maximum atomic E-state index is 11.2. The van der Waals surface area contributed by atoms with Crippen LogP contribution in [0.15, 0.2) is 44.2 Å². The zero-order valence-electron chi connectivity index (χ0n) is 8.52. The van der Waals surface area contributed by atoms with Crippen molar-refractivity contribution < 1.29 is 13.6 Å². The van der Waals surface area contributed by atoms with Crippen LogP contribution in [0.1, 0.15) is 0 Å². The minimum absolute atomic E-state index is 0.406. The Labute approximate surface area is 90.0 Å². The summed E-state index contributed by atoms with van der Waals surface area (Å²) in [5, 5.41) is 1.73. The van der Waals surface area contributed by atoms with Gasteiger partial charge in [0, 0.05) is 16.8 Å². The summed E-state index contributed by atoms with van der Waals surface area (Å²) in [5.41, 5.74) is 0.596. The van der Waals surface area contributed by atoms with Gasteiger partial charge in [0.1, 0.15) is 0 Å². The van der Waals surface area contributed by atoms with Crippen molar-refractivity contribution in [2.24, 2.45) is 0 Å². The SMILES string of the molecule is COc1c2occc2cc2[14cH]cc(=O)oc12. The standard InChI is InChI=1S/C12H8O4/c1-14-12-10-8(4-5-15-10)6-7-2-3-9(13)16-11(7)12/h2-6H,1H3/i2+2. The Kier molecular flexibility index (Phi) is 1.77. The molecule has 80 valence electrons. The van der Waals surface area contributed by atoms with Gasteiger partial charge in [-0.3, -0.25) is 0 Å². The fourth-order valence-electron chi connectivity index (χ4n) is 1.79. The summed E-state index contributed by atoms with van der Waals surface area (Å²) in [5.74, 6) is 0.454. The summed E-state index contributed by atoms with van der Waals surface area (Å²) in [6, 6.07) is 6.81. The van der Waals surface area contributed by atoms with Crippen molar-refractivity contribution in [3.05, 3.63) is 40.9 Å². The van der Waals surface area contributed by atoms with Gasteiger partial charge in [-0.05, 0) is 18.2 Å². The van der Waals surface area contributed by atoms with Crippen LogP contribution < -0.4 is 10.4 Å². The molecule has 0 aliphatic carbocycles. The molecule has 3 rings (SSSR count). The molecule has 4 nitrogen and oxygen atoms in total. The van der Waals surface area contributed by atoms with Crippen LogP contribution in [0.4, 0.5) is 0 Å². The van der Waals surface area contributed by atoms with Crippen LogP contribution in [0.25, 0.3) is 21.9 Å². The summed E-state index contributed by atoms with van der Waals surface area (Å²) < 4.78 is 15.6. The zero-order chi connectivity index (χ0) is 11.1. The highest BCUT2D eigenvalue weighted by molar-refractivity contribution is 5.99. The molecule has 2 heterocycles. The van der Waals surface area contributed by atoms with Gasteiger partial charge in [-0.2, -0.15) is 0 Å². The van der Waals surface area contributed by atoms with E-state index in [9.17, 15) is 4.79 Å². The van der Waals surface area contributed by atoms with Crippen LogP contribution in [-0.2, 0) is 0 Å². The van der Waals surface area contributed by atoms with Crippen LogP contribution in [0.2, 0.25) is 0 Å². The summed E-state index contributed by atoms with van der Waals surface area (Å²) in [4.78, 5) is 11.2. The average Bonchev–Trinajstić information content (AvgIpc) is 2.73. The van der Waals surface area contributed by atoms with Gasteiger partial charge in [0.05, 0.1) is 13.4 Å². The van der Waals surface area contributed by atoms with Crippen molar-refractivity contribution in [1.29, 1.82) is 0 Å². The maximum absolute atomic E-state index is 11.2. The van der Waals surface area contributed by atoms with Gasteiger partial charge in [-0.25, -0.2) is 4.79 Å². The van der Waals surface area contributed by atoms with E-state index in [0.717, 1.165) is 10.8 Å². The Hall–Kier alpha value is -2.23. The fourth-order valence-corrected chi connectivity index (χ4v) is 1.79. The lowest BCUT2D eigenvalue weighted by molar-refractivity contribution is 0.403. The van der Waals surface area contributed by atoms with Crippen LogP contribution in [-0.4, -0.2) is 7.11 Å². The van der Waals surface area contributed by atoms with Crippen LogP contribution >= 0.6 is 0 Å². The zero-order valence-corrected chi connectivity index (χ0v) is 8.52. The van der Waals surface area contributed by atoms with Crippen molar-refractivity contribution in [3.8, 4) is 5.75 Å². The molecule has 0 amide bonds. The third-order valence-corrected chi connectivity index (χ3v) is 2.49. The number of hydrogen-bond donors (Lipinski definition) is 0. The Balaban J connectivity index is 2.60. The number of benzene rings is 1. The minimum atomic E-state index is -0.406. The van der Waals surface area contributed by atoms with Crippen molar-refractivity contribution in [2.45, 2.75) is 0 Å². The van der Waals surface area contributed by atoms with Gasteiger partial charge < -0.3 is 13.6 Å². The second-order valence-electron chi connectivity index (χ2n) is 3.42. The number of rotatable bonds is 1. The number of hydrogen-bond acceptors (Lipinski definition) is 4. The van der Waals surface area contributed by atoms with E-state index in [-0.39, 0.29) is 0 Å². The smallest absolute Gasteiger partial charge is 0.336 e. The minimum Gasteiger partial charge on any atom is -0.490 e. The molecule has 0 unspecified atom stereocenters. The topological polar surface area (TPSA) is 52.6 Å². The lowest BCUT2D eigenvalue weighted by atomic mass is 10.2. The highest BCUT2D eigenvalue weighted by Gasteiger charge is 2.12. The predicted octanol–water partition coefficient (Wildman–Crippen LogP) is 2.55. The van der Waals surface area contributed by atoms with Crippen molar-refractivity contribution in [2.75, 3.05) is 7.11 Å². The molecule has 0 N–H and O–H groups in total. The highest BCUT2D eigenvalue weighted by Crippen LogP contribution is 2.34. The third-order valence-electron chi connectivity index (χ3n) is 2.49. The van der Waals surface area contributed by atoms with Crippen LogP contribution in [0, 0.1) is 0 Å². The van der Waals surface area contributed by atoms with Crippen LogP contribution in [0.5, 0.6) is 5.75 Å². The van der Waals surface area contributed by atoms with Crippen molar-refractivity contribution in [3.63, 3.8) is 0 Å². The van der Waals surface area contributed by atoms with E-state index in [0.29, 0.717) is 16.9 Å². The molecule has 0 aliphatic rings. The molecule has 3 aromatic rings. The second kappa shape index (κ2) is 3.13. The first-order valence-corrected chi connectivity index (χ1v) is 4.77. The molecule has 0 radical (unpaired) electrons. The van der Waals surface area contributed by atoms with E-state index >= 15 is 0 Å². The molecular weight excluding hydrogens is 210 g/mol. The molecule has 0 aliphatic heterocycles. The molecule has 0 atom stereocenters. The molecule has 0 saturated carbocycles. The first-order chi connectivity index (χ1) is 7.79. The Bertz CT molecular complexity index is 721. The quantitative estimate of drug-likeness (QED) is 0.589. The second-order valence-corrected chi connectivity index (χ2v) is 3.42. The largest absolute Gasteiger partial charge is 0.490 e. The van der Waals surface area contributed by atoms with Gasteiger partial charge in [0.2, 0.25) is 5.75 Å². The summed E-state index contributed by atoms with van der Waals surface area (Å²) >= 11 is 0. The third kappa shape index (κ3) is 1.13. The number of ether oxygens (including phenoxy) is 1. The first kappa shape index (κ1) is 9.03. The molecule has 0 saturated heterocycles. The van der Waals surface area contributed by atoms with Gasteiger partial charge in [0.15, 0.2) is 11.2 Å². The molecule has 1 aromatic carbocycles. The average molecular weight is 218 g/mol. The number of methoxy groups -OCH3 is 1. The molecule has 0 fully saturated rings. The summed E-state index contributed by atoms with van der Waals surface area (Å²) in [6.45, 7) is 0. The molecule has 2 aromatic heterocycles. The number of fused-ring (bicyclic) bond motifs is 2. The Morgan fingerprint density at radius 3 is 3.06 bits per heavy atom. The predicted molar refractivity (Wildman–Crippen MR) is 58.8 cm³/mol. The Morgan fingerprint density at radius 2 is 2.25 bits per heavy atom. The molecule has 0 spiro atoms. The first-order valence-electron chi connectivity index (χ1n) is 4.77. The van der Waals surface area contributed by atoms with E-state index < -0.39 is 5.63 Å². The van der Waals surface area contributed by atoms with Crippen LogP contribution in [0.3, 0.4) is 0 Å². The molecule has 0 bridgehead atoms. The molecule has 4 heteroatoms. The normalized spacial score (nSPS) is 11.1. The van der Waals surface area contributed by atoms with Gasteiger partial charge in [-0.15, -0.1) is 0 Å².